The van der Waals surface area contributed by atoms with Crippen molar-refractivity contribution >= 4 is 17.9 Å². The third kappa shape index (κ3) is 11.7. The minimum atomic E-state index is -0.677. The van der Waals surface area contributed by atoms with Crippen LogP contribution in [-0.2, 0) is 28.6 Å². The Morgan fingerprint density at radius 1 is 0.750 bits per heavy atom. The van der Waals surface area contributed by atoms with Crippen LogP contribution in [0.1, 0.15) is 65.7 Å². The second-order valence-corrected chi connectivity index (χ2v) is 5.43. The molecular weight excluding hydrogens is 312 g/mol. The molecule has 0 rings (SSSR count). The predicted octanol–water partition coefficient (Wildman–Crippen LogP) is 3.33. The quantitative estimate of drug-likeness (QED) is 0.221. The van der Waals surface area contributed by atoms with Crippen LogP contribution in [-0.4, -0.2) is 37.7 Å². The molecule has 0 unspecified atom stereocenters. The van der Waals surface area contributed by atoms with E-state index in [1.54, 1.807) is 0 Å². The molecule has 0 spiro atoms. The lowest BCUT2D eigenvalue weighted by Crippen LogP contribution is -2.16. The first-order chi connectivity index (χ1) is 11.5. The van der Waals surface area contributed by atoms with Crippen molar-refractivity contribution in [3.05, 3.63) is 11.6 Å². The molecule has 0 bridgehead atoms. The SMILES string of the molecule is CCCCOC(=O)/C=C(\CC(=O)OCCCC)C(=O)OCCCC. The van der Waals surface area contributed by atoms with Crippen molar-refractivity contribution < 1.29 is 28.6 Å². The number of hydrogen-bond donors (Lipinski definition) is 0. The fourth-order valence-electron chi connectivity index (χ4n) is 1.62. The summed E-state index contributed by atoms with van der Waals surface area (Å²) in [7, 11) is 0. The number of unbranched alkanes of at least 4 members (excludes halogenated alkanes) is 3. The Kier molecular flexibility index (Phi) is 13.6. The first-order valence-electron chi connectivity index (χ1n) is 8.75. The fourth-order valence-corrected chi connectivity index (χ4v) is 1.62. The topological polar surface area (TPSA) is 78.9 Å². The van der Waals surface area contributed by atoms with E-state index >= 15 is 0 Å². The number of esters is 3. The van der Waals surface area contributed by atoms with E-state index in [1.807, 2.05) is 20.8 Å². The van der Waals surface area contributed by atoms with Gasteiger partial charge in [-0.15, -0.1) is 0 Å². The highest BCUT2D eigenvalue weighted by Gasteiger charge is 2.18. The maximum absolute atomic E-state index is 12.0. The molecule has 0 aromatic rings. The average molecular weight is 342 g/mol. The lowest BCUT2D eigenvalue weighted by atomic mass is 10.1. The third-order valence-corrected chi connectivity index (χ3v) is 3.12. The van der Waals surface area contributed by atoms with Crippen LogP contribution >= 0.6 is 0 Å². The Balaban J connectivity index is 4.71. The minimum absolute atomic E-state index is 0.0332. The van der Waals surface area contributed by atoms with E-state index in [0.29, 0.717) is 6.61 Å². The van der Waals surface area contributed by atoms with Gasteiger partial charge in [-0.3, -0.25) is 4.79 Å². The van der Waals surface area contributed by atoms with Gasteiger partial charge in [-0.05, 0) is 19.3 Å². The van der Waals surface area contributed by atoms with Gasteiger partial charge in [0.1, 0.15) is 0 Å². The Hall–Kier alpha value is -1.85. The molecule has 24 heavy (non-hydrogen) atoms. The van der Waals surface area contributed by atoms with Crippen molar-refractivity contribution in [3.63, 3.8) is 0 Å². The van der Waals surface area contributed by atoms with Crippen molar-refractivity contribution in [1.82, 2.24) is 0 Å². The van der Waals surface area contributed by atoms with Gasteiger partial charge in [-0.1, -0.05) is 40.0 Å². The zero-order valence-electron chi connectivity index (χ0n) is 15.1. The molecule has 0 saturated heterocycles. The summed E-state index contributed by atoms with van der Waals surface area (Å²) in [6, 6.07) is 0. The lowest BCUT2D eigenvalue weighted by molar-refractivity contribution is -0.146. The maximum Gasteiger partial charge on any atom is 0.334 e. The molecule has 138 valence electrons. The first kappa shape index (κ1) is 22.1. The van der Waals surface area contributed by atoms with Crippen LogP contribution in [0.2, 0.25) is 0 Å². The molecule has 0 aliphatic heterocycles. The monoisotopic (exact) mass is 342 g/mol. The molecule has 0 saturated carbocycles. The molecule has 0 amide bonds. The molecule has 0 radical (unpaired) electrons. The summed E-state index contributed by atoms with van der Waals surface area (Å²) in [4.78, 5) is 35.6. The molecule has 0 N–H and O–H groups in total. The standard InChI is InChI=1S/C18H30O6/c1-4-7-10-22-16(19)13-15(18(21)24-12-9-6-3)14-17(20)23-11-8-5-2/h13H,4-12,14H2,1-3H3/b15-13+. The second-order valence-electron chi connectivity index (χ2n) is 5.43. The average Bonchev–Trinajstić information content (AvgIpc) is 2.55. The van der Waals surface area contributed by atoms with Gasteiger partial charge >= 0.3 is 17.9 Å². The summed E-state index contributed by atoms with van der Waals surface area (Å²) in [6.07, 6.45) is 5.64. The van der Waals surface area contributed by atoms with Crippen LogP contribution in [0.25, 0.3) is 0 Å². The summed E-state index contributed by atoms with van der Waals surface area (Å²) < 4.78 is 15.1. The number of carbonyl (C=O) groups excluding carboxylic acids is 3. The van der Waals surface area contributed by atoms with Crippen LogP contribution < -0.4 is 0 Å². The summed E-state index contributed by atoms with van der Waals surface area (Å²) in [6.45, 7) is 6.77. The highest BCUT2D eigenvalue weighted by Crippen LogP contribution is 2.08. The van der Waals surface area contributed by atoms with Crippen LogP contribution in [0, 0.1) is 0 Å². The molecule has 0 aliphatic carbocycles. The molecule has 0 fully saturated rings. The van der Waals surface area contributed by atoms with Crippen LogP contribution in [0.4, 0.5) is 0 Å². The lowest BCUT2D eigenvalue weighted by Gasteiger charge is -2.09. The fraction of sp³-hybridized carbons (Fsp3) is 0.722. The van der Waals surface area contributed by atoms with E-state index in [2.05, 4.69) is 0 Å². The van der Waals surface area contributed by atoms with Gasteiger partial charge in [0.25, 0.3) is 0 Å². The highest BCUT2D eigenvalue weighted by atomic mass is 16.5. The maximum atomic E-state index is 12.0. The molecule has 0 aliphatic rings. The van der Waals surface area contributed by atoms with E-state index in [4.69, 9.17) is 14.2 Å². The molecular formula is C18H30O6. The van der Waals surface area contributed by atoms with Gasteiger partial charge in [0.15, 0.2) is 0 Å². The van der Waals surface area contributed by atoms with E-state index < -0.39 is 17.9 Å². The van der Waals surface area contributed by atoms with E-state index in [0.717, 1.165) is 44.6 Å². The van der Waals surface area contributed by atoms with Gasteiger partial charge in [0.05, 0.1) is 31.8 Å². The van der Waals surface area contributed by atoms with Crippen molar-refractivity contribution in [2.24, 2.45) is 0 Å². The zero-order valence-corrected chi connectivity index (χ0v) is 15.1. The predicted molar refractivity (Wildman–Crippen MR) is 90.3 cm³/mol. The van der Waals surface area contributed by atoms with Gasteiger partial charge in [-0.2, -0.15) is 0 Å². The van der Waals surface area contributed by atoms with Gasteiger partial charge in [-0.25, -0.2) is 9.59 Å². The minimum Gasteiger partial charge on any atom is -0.465 e. The van der Waals surface area contributed by atoms with Gasteiger partial charge in [0.2, 0.25) is 0 Å². The normalized spacial score (nSPS) is 11.0. The Labute approximate surface area is 144 Å². The van der Waals surface area contributed by atoms with Crippen LogP contribution in [0.5, 0.6) is 0 Å². The molecule has 0 atom stereocenters. The van der Waals surface area contributed by atoms with Crippen molar-refractivity contribution in [2.45, 2.75) is 65.7 Å². The number of hydrogen-bond acceptors (Lipinski definition) is 6. The summed E-state index contributed by atoms with van der Waals surface area (Å²) >= 11 is 0. The molecule has 0 aromatic carbocycles. The van der Waals surface area contributed by atoms with E-state index in [-0.39, 0.29) is 25.2 Å². The Morgan fingerprint density at radius 2 is 1.25 bits per heavy atom. The number of ether oxygens (including phenoxy) is 3. The van der Waals surface area contributed by atoms with Crippen molar-refractivity contribution in [2.75, 3.05) is 19.8 Å². The van der Waals surface area contributed by atoms with Crippen LogP contribution in [0.3, 0.4) is 0 Å². The van der Waals surface area contributed by atoms with E-state index in [1.165, 1.54) is 0 Å². The second kappa shape index (κ2) is 14.7. The van der Waals surface area contributed by atoms with E-state index in [9.17, 15) is 14.4 Å². The largest absolute Gasteiger partial charge is 0.465 e. The smallest absolute Gasteiger partial charge is 0.334 e. The third-order valence-electron chi connectivity index (χ3n) is 3.12. The number of rotatable bonds is 13. The molecule has 0 aromatic heterocycles. The molecule has 6 heteroatoms. The summed E-state index contributed by atoms with van der Waals surface area (Å²) in [5, 5.41) is 0. The van der Waals surface area contributed by atoms with Crippen molar-refractivity contribution in [1.29, 1.82) is 0 Å². The molecule has 6 nitrogen and oxygen atoms in total. The molecule has 0 heterocycles. The summed E-state index contributed by atoms with van der Waals surface area (Å²) in [5.74, 6) is -1.88. The van der Waals surface area contributed by atoms with Crippen molar-refractivity contribution in [3.8, 4) is 0 Å². The Bertz CT molecular complexity index is 414. The van der Waals surface area contributed by atoms with Gasteiger partial charge in [0, 0.05) is 6.08 Å². The van der Waals surface area contributed by atoms with Crippen LogP contribution in [0.15, 0.2) is 11.6 Å². The Morgan fingerprint density at radius 3 is 1.79 bits per heavy atom. The number of carbonyl (C=O) groups is 3. The van der Waals surface area contributed by atoms with Gasteiger partial charge < -0.3 is 14.2 Å². The highest BCUT2D eigenvalue weighted by molar-refractivity contribution is 5.99. The zero-order chi connectivity index (χ0) is 18.2. The summed E-state index contributed by atoms with van der Waals surface area (Å²) in [5.41, 5.74) is -0.0332. The first-order valence-corrected chi connectivity index (χ1v) is 8.75.